The van der Waals surface area contributed by atoms with Crippen molar-refractivity contribution in [2.24, 2.45) is 0 Å². The summed E-state index contributed by atoms with van der Waals surface area (Å²) in [6.45, 7) is 8.53. The van der Waals surface area contributed by atoms with Gasteiger partial charge in [0.15, 0.2) is 9.84 Å². The lowest BCUT2D eigenvalue weighted by Crippen LogP contribution is -2.50. The van der Waals surface area contributed by atoms with Gasteiger partial charge < -0.3 is 4.74 Å². The Balaban J connectivity index is 2.12. The van der Waals surface area contributed by atoms with E-state index >= 15 is 0 Å². The van der Waals surface area contributed by atoms with Crippen molar-refractivity contribution in [2.75, 3.05) is 12.4 Å². The number of carbonyl (C=O) groups excluding carboxylic acids is 1. The summed E-state index contributed by atoms with van der Waals surface area (Å²) >= 11 is 0. The molecule has 1 N–H and O–H groups in total. The highest BCUT2D eigenvalue weighted by Crippen LogP contribution is 2.32. The van der Waals surface area contributed by atoms with Crippen LogP contribution in [0.3, 0.4) is 0 Å². The molecule has 26 heavy (non-hydrogen) atoms. The van der Waals surface area contributed by atoms with Gasteiger partial charge in [0.2, 0.25) is 5.91 Å². The molecule has 0 saturated heterocycles. The summed E-state index contributed by atoms with van der Waals surface area (Å²) < 4.78 is 29.8. The summed E-state index contributed by atoms with van der Waals surface area (Å²) in [5.41, 5.74) is -0.391. The molecule has 0 aliphatic heterocycles. The van der Waals surface area contributed by atoms with Crippen LogP contribution in [-0.2, 0) is 24.9 Å². The second-order valence-electron chi connectivity index (χ2n) is 8.22. The molecule has 1 saturated carbocycles. The third-order valence-corrected chi connectivity index (χ3v) is 7.85. The minimum absolute atomic E-state index is 0.00343. The van der Waals surface area contributed by atoms with Crippen molar-refractivity contribution in [1.82, 2.24) is 20.2 Å². The van der Waals surface area contributed by atoms with Crippen LogP contribution in [0.4, 0.5) is 5.95 Å². The molecule has 148 valence electrons. The lowest BCUT2D eigenvalue weighted by atomic mass is 9.97. The van der Waals surface area contributed by atoms with Crippen molar-refractivity contribution in [3.63, 3.8) is 0 Å². The first-order chi connectivity index (χ1) is 11.9. The fourth-order valence-corrected chi connectivity index (χ4v) is 4.96. The van der Waals surface area contributed by atoms with E-state index in [-0.39, 0.29) is 12.1 Å². The third-order valence-electron chi connectivity index (χ3n) is 4.89. The van der Waals surface area contributed by atoms with E-state index in [4.69, 9.17) is 4.74 Å². The molecule has 1 fully saturated rings. The zero-order chi connectivity index (χ0) is 19.8. The van der Waals surface area contributed by atoms with Crippen LogP contribution in [0.1, 0.15) is 60.3 Å². The second kappa shape index (κ2) is 7.22. The smallest absolute Gasteiger partial charge is 0.270 e. The van der Waals surface area contributed by atoms with E-state index in [1.807, 2.05) is 20.8 Å². The van der Waals surface area contributed by atoms with Crippen LogP contribution < -0.4 is 5.32 Å². The van der Waals surface area contributed by atoms with Gasteiger partial charge in [0.25, 0.3) is 5.95 Å². The predicted octanol–water partition coefficient (Wildman–Crippen LogP) is 1.52. The van der Waals surface area contributed by atoms with Crippen LogP contribution in [0.15, 0.2) is 0 Å². The van der Waals surface area contributed by atoms with Crippen molar-refractivity contribution >= 4 is 21.7 Å². The molecule has 2 rings (SSSR count). The number of hydrogen-bond donors (Lipinski definition) is 1. The van der Waals surface area contributed by atoms with E-state index in [1.165, 1.54) is 18.6 Å². The maximum absolute atomic E-state index is 13.0. The van der Waals surface area contributed by atoms with Gasteiger partial charge in [0.05, 0.1) is 16.9 Å². The van der Waals surface area contributed by atoms with Gasteiger partial charge in [-0.15, -0.1) is 5.10 Å². The quantitative estimate of drug-likeness (QED) is 0.814. The molecule has 0 unspecified atom stereocenters. The number of amides is 1. The molecule has 0 atom stereocenters. The van der Waals surface area contributed by atoms with E-state index in [0.717, 1.165) is 0 Å². The van der Waals surface area contributed by atoms with Gasteiger partial charge in [-0.05, 0) is 65.5 Å². The first-order valence-electron chi connectivity index (χ1n) is 8.78. The standard InChI is InChI=1S/C16H29N5O4S/c1-15(2,3)21-19-14(18-20-21)17-13(22)16(4,5)26(23,24)12-9-7-11(25-6)8-10-12/h11-12H,7-10H2,1-6H3,(H,17,19,22). The lowest BCUT2D eigenvalue weighted by Gasteiger charge is -2.33. The largest absolute Gasteiger partial charge is 0.381 e. The fourth-order valence-electron chi connectivity index (χ4n) is 2.92. The molecule has 0 radical (unpaired) electrons. The second-order valence-corrected chi connectivity index (χ2v) is 11.0. The van der Waals surface area contributed by atoms with Crippen molar-refractivity contribution in [2.45, 2.75) is 81.9 Å². The number of nitrogens with one attached hydrogen (secondary N) is 1. The van der Waals surface area contributed by atoms with Crippen LogP contribution in [0, 0.1) is 0 Å². The minimum Gasteiger partial charge on any atom is -0.381 e. The van der Waals surface area contributed by atoms with Crippen molar-refractivity contribution < 1.29 is 17.9 Å². The first kappa shape index (κ1) is 20.8. The van der Waals surface area contributed by atoms with Gasteiger partial charge in [0.1, 0.15) is 4.75 Å². The SMILES string of the molecule is COC1CCC(S(=O)(=O)C(C)(C)C(=O)Nc2nnn(C(C)(C)C)n2)CC1. The Morgan fingerprint density at radius 3 is 2.19 bits per heavy atom. The Hall–Kier alpha value is -1.55. The van der Waals surface area contributed by atoms with Crippen LogP contribution in [-0.4, -0.2) is 57.7 Å². The van der Waals surface area contributed by atoms with Gasteiger partial charge in [0, 0.05) is 7.11 Å². The number of aromatic nitrogens is 4. The van der Waals surface area contributed by atoms with Crippen LogP contribution >= 0.6 is 0 Å². The number of anilines is 1. The number of rotatable bonds is 5. The molecule has 1 amide bonds. The number of tetrazole rings is 1. The Morgan fingerprint density at radius 2 is 1.73 bits per heavy atom. The van der Waals surface area contributed by atoms with Crippen LogP contribution in [0.25, 0.3) is 0 Å². The number of carbonyl (C=O) groups is 1. The summed E-state index contributed by atoms with van der Waals surface area (Å²) in [5, 5.41) is 13.7. The predicted molar refractivity (Wildman–Crippen MR) is 97.5 cm³/mol. The molecule has 0 bridgehead atoms. The van der Waals surface area contributed by atoms with Crippen molar-refractivity contribution in [1.29, 1.82) is 0 Å². The lowest BCUT2D eigenvalue weighted by molar-refractivity contribution is -0.117. The molecule has 0 aromatic carbocycles. The van der Waals surface area contributed by atoms with E-state index < -0.39 is 31.3 Å². The summed E-state index contributed by atoms with van der Waals surface area (Å²) in [4.78, 5) is 14.0. The molecule has 1 aromatic heterocycles. The Morgan fingerprint density at radius 1 is 1.15 bits per heavy atom. The van der Waals surface area contributed by atoms with Gasteiger partial charge in [-0.3, -0.25) is 10.1 Å². The zero-order valence-electron chi connectivity index (χ0n) is 16.3. The molecule has 0 spiro atoms. The van der Waals surface area contributed by atoms with E-state index in [2.05, 4.69) is 20.7 Å². The molecular formula is C16H29N5O4S. The van der Waals surface area contributed by atoms with E-state index in [1.54, 1.807) is 7.11 Å². The molecule has 1 aromatic rings. The highest BCUT2D eigenvalue weighted by molar-refractivity contribution is 7.94. The summed E-state index contributed by atoms with van der Waals surface area (Å²) in [7, 11) is -2.05. The number of hydrogen-bond acceptors (Lipinski definition) is 7. The molecule has 1 aliphatic carbocycles. The van der Waals surface area contributed by atoms with Gasteiger partial charge >= 0.3 is 0 Å². The van der Waals surface area contributed by atoms with Crippen LogP contribution in [0.2, 0.25) is 0 Å². The summed E-state index contributed by atoms with van der Waals surface area (Å²) in [5.74, 6) is -0.656. The number of sulfone groups is 1. The number of methoxy groups -OCH3 is 1. The molecular weight excluding hydrogens is 358 g/mol. The Kier molecular flexibility index (Phi) is 5.77. The average molecular weight is 388 g/mol. The van der Waals surface area contributed by atoms with Crippen LogP contribution in [0.5, 0.6) is 0 Å². The zero-order valence-corrected chi connectivity index (χ0v) is 17.1. The first-order valence-corrected chi connectivity index (χ1v) is 10.3. The van der Waals surface area contributed by atoms with E-state index in [0.29, 0.717) is 25.7 Å². The number of nitrogens with zero attached hydrogens (tertiary/aromatic N) is 4. The van der Waals surface area contributed by atoms with Crippen molar-refractivity contribution in [3.05, 3.63) is 0 Å². The molecule has 1 heterocycles. The Labute approximate surface area is 154 Å². The fraction of sp³-hybridized carbons (Fsp3) is 0.875. The highest BCUT2D eigenvalue weighted by Gasteiger charge is 2.47. The molecule has 10 heteroatoms. The minimum atomic E-state index is -3.68. The maximum Gasteiger partial charge on any atom is 0.270 e. The van der Waals surface area contributed by atoms with Gasteiger partial charge in [-0.2, -0.15) is 4.80 Å². The van der Waals surface area contributed by atoms with Crippen molar-refractivity contribution in [3.8, 4) is 0 Å². The number of ether oxygens (including phenoxy) is 1. The average Bonchev–Trinajstić information content (AvgIpc) is 3.03. The monoisotopic (exact) mass is 387 g/mol. The highest BCUT2D eigenvalue weighted by atomic mass is 32.2. The summed E-state index contributed by atoms with van der Waals surface area (Å²) in [6, 6.07) is 0. The van der Waals surface area contributed by atoms with E-state index in [9.17, 15) is 13.2 Å². The topological polar surface area (TPSA) is 116 Å². The van der Waals surface area contributed by atoms with Gasteiger partial charge in [-0.1, -0.05) is 5.10 Å². The molecule has 1 aliphatic rings. The Bertz CT molecular complexity index is 743. The maximum atomic E-state index is 13.0. The normalized spacial score (nSPS) is 22.2. The third kappa shape index (κ3) is 4.06. The molecule has 9 nitrogen and oxygen atoms in total. The van der Waals surface area contributed by atoms with Gasteiger partial charge in [-0.25, -0.2) is 8.42 Å². The summed E-state index contributed by atoms with van der Waals surface area (Å²) in [6.07, 6.45) is 2.44.